The van der Waals surface area contributed by atoms with Crippen molar-refractivity contribution in [1.82, 2.24) is 0 Å². The number of benzene rings is 2. The van der Waals surface area contributed by atoms with Gasteiger partial charge in [0, 0.05) is 0 Å². The van der Waals surface area contributed by atoms with Gasteiger partial charge in [-0.15, -0.1) is 0 Å². The van der Waals surface area contributed by atoms with E-state index in [9.17, 15) is 9.90 Å². The van der Waals surface area contributed by atoms with Crippen LogP contribution in [0.5, 0.6) is 17.2 Å². The molecular weight excluding hydrogens is 360 g/mol. The fraction of sp³-hybridized carbons (Fsp3) is 0.409. The molecule has 150 valence electrons. The summed E-state index contributed by atoms with van der Waals surface area (Å²) in [4.78, 5) is 11.8. The summed E-state index contributed by atoms with van der Waals surface area (Å²) in [6, 6.07) is 12.9. The van der Waals surface area contributed by atoms with Crippen LogP contribution in [0, 0.1) is 0 Å². The number of carbonyl (C=O) groups is 1. The van der Waals surface area contributed by atoms with Gasteiger partial charge in [-0.1, -0.05) is 18.2 Å². The largest absolute Gasteiger partial charge is 0.482 e. The van der Waals surface area contributed by atoms with Crippen LogP contribution in [0.1, 0.15) is 44.4 Å². The van der Waals surface area contributed by atoms with E-state index in [-0.39, 0.29) is 13.4 Å². The van der Waals surface area contributed by atoms with E-state index in [0.29, 0.717) is 18.6 Å². The monoisotopic (exact) mass is 386 g/mol. The lowest BCUT2D eigenvalue weighted by molar-refractivity contribution is -0.157. The van der Waals surface area contributed by atoms with E-state index in [1.54, 1.807) is 18.2 Å². The van der Waals surface area contributed by atoms with Crippen LogP contribution in [0.25, 0.3) is 0 Å². The van der Waals surface area contributed by atoms with Crippen molar-refractivity contribution in [2.24, 2.45) is 0 Å². The molecule has 2 aromatic rings. The van der Waals surface area contributed by atoms with Gasteiger partial charge < -0.3 is 24.1 Å². The number of aliphatic hydroxyl groups is 1. The fourth-order valence-corrected chi connectivity index (χ4v) is 2.89. The summed E-state index contributed by atoms with van der Waals surface area (Å²) in [7, 11) is 0. The van der Waals surface area contributed by atoms with E-state index < -0.39 is 17.7 Å². The zero-order chi connectivity index (χ0) is 20.1. The lowest BCUT2D eigenvalue weighted by Gasteiger charge is -2.19. The van der Waals surface area contributed by atoms with E-state index in [2.05, 4.69) is 0 Å². The Balaban J connectivity index is 1.53. The van der Waals surface area contributed by atoms with Crippen molar-refractivity contribution in [3.63, 3.8) is 0 Å². The second-order valence-electron chi connectivity index (χ2n) is 7.69. The number of fused-ring (bicyclic) bond motifs is 1. The van der Waals surface area contributed by atoms with Gasteiger partial charge in [0.15, 0.2) is 18.1 Å². The van der Waals surface area contributed by atoms with Crippen LogP contribution < -0.4 is 14.2 Å². The van der Waals surface area contributed by atoms with Crippen molar-refractivity contribution in [2.45, 2.75) is 45.3 Å². The Morgan fingerprint density at radius 1 is 1.14 bits per heavy atom. The molecule has 1 N–H and O–H groups in total. The minimum Gasteiger partial charge on any atom is -0.482 e. The molecule has 1 atom stereocenters. The number of carbonyl (C=O) groups excluding carboxylic acids is 1. The molecule has 0 amide bonds. The zero-order valence-electron chi connectivity index (χ0n) is 16.4. The molecule has 3 rings (SSSR count). The van der Waals surface area contributed by atoms with Crippen molar-refractivity contribution in [2.75, 3.05) is 13.4 Å². The van der Waals surface area contributed by atoms with Gasteiger partial charge in [0.2, 0.25) is 6.79 Å². The van der Waals surface area contributed by atoms with Crippen LogP contribution in [0.4, 0.5) is 0 Å². The molecule has 0 saturated heterocycles. The first-order valence-electron chi connectivity index (χ1n) is 9.31. The molecule has 1 aliphatic heterocycles. The van der Waals surface area contributed by atoms with Crippen LogP contribution in [0.3, 0.4) is 0 Å². The first-order chi connectivity index (χ1) is 13.3. The highest BCUT2D eigenvalue weighted by Gasteiger charge is 2.17. The quantitative estimate of drug-likeness (QED) is 0.730. The number of ether oxygens (including phenoxy) is 4. The predicted octanol–water partition coefficient (Wildman–Crippen LogP) is 3.80. The average molecular weight is 386 g/mol. The van der Waals surface area contributed by atoms with Gasteiger partial charge in [0.05, 0.1) is 6.10 Å². The predicted molar refractivity (Wildman–Crippen MR) is 104 cm³/mol. The Hall–Kier alpha value is -2.73. The summed E-state index contributed by atoms with van der Waals surface area (Å²) < 4.78 is 21.4. The van der Waals surface area contributed by atoms with Gasteiger partial charge in [-0.05, 0) is 69.0 Å². The number of aryl methyl sites for hydroxylation is 1. The number of aliphatic hydroxyl groups excluding tert-OH is 1. The second kappa shape index (κ2) is 8.52. The topological polar surface area (TPSA) is 74.2 Å². The zero-order valence-corrected chi connectivity index (χ0v) is 16.4. The third kappa shape index (κ3) is 5.63. The van der Waals surface area contributed by atoms with E-state index in [4.69, 9.17) is 18.9 Å². The molecular formula is C22H26O6. The Bertz CT molecular complexity index is 824. The van der Waals surface area contributed by atoms with Crippen LogP contribution in [0.2, 0.25) is 0 Å². The molecule has 2 aromatic carbocycles. The highest BCUT2D eigenvalue weighted by atomic mass is 16.7. The van der Waals surface area contributed by atoms with Gasteiger partial charge in [-0.25, -0.2) is 4.79 Å². The van der Waals surface area contributed by atoms with Gasteiger partial charge in [-0.2, -0.15) is 0 Å². The number of hydrogen-bond donors (Lipinski definition) is 1. The van der Waals surface area contributed by atoms with Gasteiger partial charge in [0.1, 0.15) is 11.4 Å². The van der Waals surface area contributed by atoms with Crippen LogP contribution in [0.15, 0.2) is 42.5 Å². The maximum absolute atomic E-state index is 11.8. The summed E-state index contributed by atoms with van der Waals surface area (Å²) >= 11 is 0. The van der Waals surface area contributed by atoms with E-state index in [1.807, 2.05) is 45.0 Å². The fourth-order valence-electron chi connectivity index (χ4n) is 2.89. The Morgan fingerprint density at radius 2 is 1.93 bits per heavy atom. The van der Waals surface area contributed by atoms with Crippen molar-refractivity contribution in [1.29, 1.82) is 0 Å². The lowest BCUT2D eigenvalue weighted by atomic mass is 10.0. The van der Waals surface area contributed by atoms with E-state index >= 15 is 0 Å². The molecule has 0 bridgehead atoms. The van der Waals surface area contributed by atoms with Crippen molar-refractivity contribution >= 4 is 5.97 Å². The summed E-state index contributed by atoms with van der Waals surface area (Å²) in [6.07, 6.45) is 0.603. The SMILES string of the molecule is CC(C)(C)OC(=O)COc1cccc([C@H](O)CCc2ccc3c(c2)OCO3)c1. The number of hydrogen-bond acceptors (Lipinski definition) is 6. The smallest absolute Gasteiger partial charge is 0.344 e. The normalized spacial score (nSPS) is 13.9. The molecule has 0 spiro atoms. The van der Waals surface area contributed by atoms with Crippen LogP contribution in [-0.2, 0) is 16.0 Å². The highest BCUT2D eigenvalue weighted by molar-refractivity contribution is 5.71. The van der Waals surface area contributed by atoms with E-state index in [1.165, 1.54) is 0 Å². The first kappa shape index (κ1) is 20.0. The van der Waals surface area contributed by atoms with Crippen LogP contribution in [-0.4, -0.2) is 30.1 Å². The molecule has 6 nitrogen and oxygen atoms in total. The highest BCUT2D eigenvalue weighted by Crippen LogP contribution is 2.33. The summed E-state index contributed by atoms with van der Waals surface area (Å²) in [6.45, 7) is 5.50. The van der Waals surface area contributed by atoms with Crippen molar-refractivity contribution in [3.8, 4) is 17.2 Å². The van der Waals surface area contributed by atoms with E-state index in [0.717, 1.165) is 22.6 Å². The molecule has 6 heteroatoms. The minimum absolute atomic E-state index is 0.173. The second-order valence-corrected chi connectivity index (χ2v) is 7.69. The molecule has 0 unspecified atom stereocenters. The molecule has 0 aromatic heterocycles. The maximum Gasteiger partial charge on any atom is 0.344 e. The Labute approximate surface area is 165 Å². The Kier molecular flexibility index (Phi) is 6.09. The molecule has 0 saturated carbocycles. The summed E-state index contributed by atoms with van der Waals surface area (Å²) in [5, 5.41) is 10.5. The molecule has 0 radical (unpaired) electrons. The standard InChI is InChI=1S/C22H26O6/c1-22(2,3)28-21(24)13-25-17-6-4-5-16(12-17)18(23)9-7-15-8-10-19-20(11-15)27-14-26-19/h4-6,8,10-12,18,23H,7,9,13-14H2,1-3H3/t18-/m1/s1. The van der Waals surface area contributed by atoms with Gasteiger partial charge in [0.25, 0.3) is 0 Å². The molecule has 1 heterocycles. The minimum atomic E-state index is -0.643. The number of esters is 1. The third-order valence-electron chi connectivity index (χ3n) is 4.16. The maximum atomic E-state index is 11.8. The molecule has 0 aliphatic carbocycles. The van der Waals surface area contributed by atoms with Gasteiger partial charge >= 0.3 is 5.97 Å². The summed E-state index contributed by atoms with van der Waals surface area (Å²) in [5.41, 5.74) is 1.26. The summed E-state index contributed by atoms with van der Waals surface area (Å²) in [5.74, 6) is 1.58. The molecule has 0 fully saturated rings. The first-order valence-corrected chi connectivity index (χ1v) is 9.31. The van der Waals surface area contributed by atoms with Gasteiger partial charge in [-0.3, -0.25) is 0 Å². The lowest BCUT2D eigenvalue weighted by Crippen LogP contribution is -2.27. The third-order valence-corrected chi connectivity index (χ3v) is 4.16. The number of rotatable bonds is 7. The Morgan fingerprint density at radius 3 is 2.71 bits per heavy atom. The van der Waals surface area contributed by atoms with Crippen LogP contribution >= 0.6 is 0 Å². The average Bonchev–Trinajstić information content (AvgIpc) is 3.11. The van der Waals surface area contributed by atoms with Crippen molar-refractivity contribution in [3.05, 3.63) is 53.6 Å². The van der Waals surface area contributed by atoms with Crippen molar-refractivity contribution < 1.29 is 28.8 Å². The molecule has 28 heavy (non-hydrogen) atoms. The molecule has 1 aliphatic rings.